The van der Waals surface area contributed by atoms with Crippen molar-refractivity contribution in [3.63, 3.8) is 0 Å². The molecular formula is C14H23N3O2. The Kier molecular flexibility index (Phi) is 4.58. The van der Waals surface area contributed by atoms with Crippen LogP contribution in [0.5, 0.6) is 0 Å². The summed E-state index contributed by atoms with van der Waals surface area (Å²) in [7, 11) is 1.46. The van der Waals surface area contributed by atoms with Crippen LogP contribution in [0.25, 0.3) is 0 Å². The van der Waals surface area contributed by atoms with Crippen molar-refractivity contribution in [3.05, 3.63) is 18.0 Å². The molecule has 0 saturated carbocycles. The van der Waals surface area contributed by atoms with Gasteiger partial charge in [0.15, 0.2) is 0 Å². The number of rotatable bonds is 4. The molecule has 0 bridgehead atoms. The molecule has 1 aliphatic heterocycles. The van der Waals surface area contributed by atoms with E-state index in [0.717, 1.165) is 38.0 Å². The largest absolute Gasteiger partial charge is 0.468 e. The minimum Gasteiger partial charge on any atom is -0.468 e. The zero-order chi connectivity index (χ0) is 13.8. The number of ether oxygens (including phenoxy) is 1. The topological polar surface area (TPSA) is 47.4 Å². The number of esters is 1. The molecule has 5 heteroatoms. The van der Waals surface area contributed by atoms with Crippen molar-refractivity contribution in [2.75, 3.05) is 13.7 Å². The normalized spacial score (nSPS) is 20.7. The second-order valence-electron chi connectivity index (χ2n) is 5.39. The fourth-order valence-electron chi connectivity index (χ4n) is 2.54. The predicted molar refractivity (Wildman–Crippen MR) is 72.7 cm³/mol. The van der Waals surface area contributed by atoms with Gasteiger partial charge >= 0.3 is 5.97 Å². The maximum absolute atomic E-state index is 11.8. The number of carbonyl (C=O) groups excluding carboxylic acids is 1. The van der Waals surface area contributed by atoms with Gasteiger partial charge in [0.25, 0.3) is 0 Å². The van der Waals surface area contributed by atoms with Crippen LogP contribution in [-0.2, 0) is 16.1 Å². The van der Waals surface area contributed by atoms with Gasteiger partial charge in [-0.05, 0) is 39.3 Å². The predicted octanol–water partition coefficient (Wildman–Crippen LogP) is 1.99. The highest BCUT2D eigenvalue weighted by molar-refractivity contribution is 5.75. The smallest absolute Gasteiger partial charge is 0.323 e. The lowest BCUT2D eigenvalue weighted by atomic mass is 10.0. The number of methoxy groups -OCH3 is 1. The Labute approximate surface area is 114 Å². The molecule has 2 rings (SSSR count). The van der Waals surface area contributed by atoms with Crippen LogP contribution < -0.4 is 0 Å². The molecule has 0 radical (unpaired) electrons. The van der Waals surface area contributed by atoms with Crippen LogP contribution in [0, 0.1) is 0 Å². The Morgan fingerprint density at radius 3 is 2.95 bits per heavy atom. The number of aromatic nitrogens is 2. The minimum atomic E-state index is -0.122. The number of likely N-dealkylation sites (tertiary alicyclic amines) is 1. The van der Waals surface area contributed by atoms with E-state index in [1.165, 1.54) is 7.11 Å². The van der Waals surface area contributed by atoms with E-state index in [-0.39, 0.29) is 12.0 Å². The zero-order valence-corrected chi connectivity index (χ0v) is 12.0. The van der Waals surface area contributed by atoms with Gasteiger partial charge in [-0.15, -0.1) is 0 Å². The highest BCUT2D eigenvalue weighted by Gasteiger charge is 2.29. The van der Waals surface area contributed by atoms with Gasteiger partial charge in [0.1, 0.15) is 6.04 Å². The first kappa shape index (κ1) is 14.1. The molecule has 1 aromatic rings. The standard InChI is InChI=1S/C14H23N3O2/c1-11(2)17-9-7-12(15-17)10-16-8-5-4-6-13(16)14(18)19-3/h7,9,11,13H,4-6,8,10H2,1-3H3. The van der Waals surface area contributed by atoms with Crippen molar-refractivity contribution in [1.29, 1.82) is 0 Å². The van der Waals surface area contributed by atoms with Crippen molar-refractivity contribution in [2.24, 2.45) is 0 Å². The van der Waals surface area contributed by atoms with Crippen LogP contribution in [0.2, 0.25) is 0 Å². The van der Waals surface area contributed by atoms with Gasteiger partial charge < -0.3 is 4.74 Å². The summed E-state index contributed by atoms with van der Waals surface area (Å²) in [6.07, 6.45) is 5.11. The Bertz CT molecular complexity index is 428. The van der Waals surface area contributed by atoms with Gasteiger partial charge in [-0.1, -0.05) is 6.42 Å². The molecule has 0 spiro atoms. The van der Waals surface area contributed by atoms with Gasteiger partial charge in [-0.2, -0.15) is 5.10 Å². The molecule has 106 valence electrons. The molecule has 1 atom stereocenters. The van der Waals surface area contributed by atoms with Crippen LogP contribution in [0.4, 0.5) is 0 Å². The molecule has 1 aliphatic rings. The van der Waals surface area contributed by atoms with Gasteiger partial charge in [0.2, 0.25) is 0 Å². The second kappa shape index (κ2) is 6.19. The molecule has 0 aromatic carbocycles. The average molecular weight is 265 g/mol. The van der Waals surface area contributed by atoms with Crippen molar-refractivity contribution >= 4 is 5.97 Å². The van der Waals surface area contributed by atoms with Gasteiger partial charge in [-0.3, -0.25) is 14.4 Å². The fourth-order valence-corrected chi connectivity index (χ4v) is 2.54. The van der Waals surface area contributed by atoms with E-state index in [1.807, 2.05) is 16.9 Å². The van der Waals surface area contributed by atoms with E-state index in [9.17, 15) is 4.79 Å². The molecule has 19 heavy (non-hydrogen) atoms. The van der Waals surface area contributed by atoms with E-state index < -0.39 is 0 Å². The van der Waals surface area contributed by atoms with Gasteiger partial charge in [-0.25, -0.2) is 0 Å². The third-order valence-electron chi connectivity index (χ3n) is 3.64. The molecule has 0 amide bonds. The highest BCUT2D eigenvalue weighted by atomic mass is 16.5. The highest BCUT2D eigenvalue weighted by Crippen LogP contribution is 2.20. The van der Waals surface area contributed by atoms with Crippen molar-refractivity contribution in [1.82, 2.24) is 14.7 Å². The Morgan fingerprint density at radius 2 is 2.32 bits per heavy atom. The number of carbonyl (C=O) groups is 1. The maximum atomic E-state index is 11.8. The molecule has 1 fully saturated rings. The Morgan fingerprint density at radius 1 is 1.53 bits per heavy atom. The molecule has 5 nitrogen and oxygen atoms in total. The molecule has 2 heterocycles. The van der Waals surface area contributed by atoms with Crippen LogP contribution in [0.3, 0.4) is 0 Å². The number of hydrogen-bond acceptors (Lipinski definition) is 4. The lowest BCUT2D eigenvalue weighted by Gasteiger charge is -2.33. The van der Waals surface area contributed by atoms with E-state index in [1.54, 1.807) is 0 Å². The van der Waals surface area contributed by atoms with Crippen LogP contribution in [0.1, 0.15) is 44.8 Å². The van der Waals surface area contributed by atoms with E-state index in [0.29, 0.717) is 6.04 Å². The molecule has 0 aliphatic carbocycles. The van der Waals surface area contributed by atoms with Gasteiger partial charge in [0, 0.05) is 18.8 Å². The lowest BCUT2D eigenvalue weighted by Crippen LogP contribution is -2.44. The van der Waals surface area contributed by atoms with Crippen molar-refractivity contribution in [3.8, 4) is 0 Å². The van der Waals surface area contributed by atoms with Crippen LogP contribution in [-0.4, -0.2) is 40.3 Å². The summed E-state index contributed by atoms with van der Waals surface area (Å²) in [5, 5.41) is 4.55. The SMILES string of the molecule is COC(=O)C1CCCCN1Cc1ccn(C(C)C)n1. The molecule has 1 aromatic heterocycles. The van der Waals surface area contributed by atoms with Crippen molar-refractivity contribution in [2.45, 2.75) is 51.7 Å². The summed E-state index contributed by atoms with van der Waals surface area (Å²) in [4.78, 5) is 14.0. The quantitative estimate of drug-likeness (QED) is 0.781. The van der Waals surface area contributed by atoms with Crippen LogP contribution in [0.15, 0.2) is 12.3 Å². The maximum Gasteiger partial charge on any atom is 0.323 e. The third-order valence-corrected chi connectivity index (χ3v) is 3.64. The number of piperidine rings is 1. The fraction of sp³-hybridized carbons (Fsp3) is 0.714. The summed E-state index contributed by atoms with van der Waals surface area (Å²) < 4.78 is 6.85. The molecule has 1 unspecified atom stereocenters. The monoisotopic (exact) mass is 265 g/mol. The van der Waals surface area contributed by atoms with E-state index >= 15 is 0 Å². The van der Waals surface area contributed by atoms with Crippen molar-refractivity contribution < 1.29 is 9.53 Å². The Balaban J connectivity index is 2.04. The third kappa shape index (κ3) is 3.35. The average Bonchev–Trinajstić information content (AvgIpc) is 2.87. The summed E-state index contributed by atoms with van der Waals surface area (Å²) in [5.74, 6) is -0.122. The first-order valence-electron chi connectivity index (χ1n) is 6.97. The van der Waals surface area contributed by atoms with Gasteiger partial charge in [0.05, 0.1) is 12.8 Å². The molecular weight excluding hydrogens is 242 g/mol. The summed E-state index contributed by atoms with van der Waals surface area (Å²) >= 11 is 0. The Hall–Kier alpha value is -1.36. The summed E-state index contributed by atoms with van der Waals surface area (Å²) in [5.41, 5.74) is 1.02. The number of nitrogens with zero attached hydrogens (tertiary/aromatic N) is 3. The molecule has 0 N–H and O–H groups in total. The summed E-state index contributed by atoms with van der Waals surface area (Å²) in [6, 6.07) is 2.29. The van der Waals surface area contributed by atoms with E-state index in [4.69, 9.17) is 4.74 Å². The second-order valence-corrected chi connectivity index (χ2v) is 5.39. The number of hydrogen-bond donors (Lipinski definition) is 0. The first-order valence-corrected chi connectivity index (χ1v) is 6.97. The minimum absolute atomic E-state index is 0.108. The summed E-state index contributed by atoms with van der Waals surface area (Å²) in [6.45, 7) is 5.87. The van der Waals surface area contributed by atoms with Crippen LogP contribution >= 0.6 is 0 Å². The first-order chi connectivity index (χ1) is 9.11. The van der Waals surface area contributed by atoms with E-state index in [2.05, 4.69) is 23.8 Å². The lowest BCUT2D eigenvalue weighted by molar-refractivity contribution is -0.148. The zero-order valence-electron chi connectivity index (χ0n) is 12.0. The molecule has 1 saturated heterocycles.